The lowest BCUT2D eigenvalue weighted by Crippen LogP contribution is -2.21. The Balaban J connectivity index is 2.09. The number of hydrogen-bond donors (Lipinski definition) is 1. The van der Waals surface area contributed by atoms with Gasteiger partial charge in [-0.15, -0.1) is 0 Å². The maximum atomic E-state index is 12.4. The average Bonchev–Trinajstić information content (AvgIpc) is 2.76. The molecule has 156 valence electrons. The van der Waals surface area contributed by atoms with Gasteiger partial charge in [0.1, 0.15) is 17.1 Å². The Morgan fingerprint density at radius 2 is 1.48 bits per heavy atom. The first-order chi connectivity index (χ1) is 14.0. The Bertz CT molecular complexity index is 881. The minimum absolute atomic E-state index is 0.0972. The topological polar surface area (TPSA) is 102 Å². The summed E-state index contributed by atoms with van der Waals surface area (Å²) in [4.78, 5) is 24.6. The van der Waals surface area contributed by atoms with Crippen molar-refractivity contribution in [2.24, 2.45) is 0 Å². The maximum Gasteiger partial charge on any atom is 0.342 e. The van der Waals surface area contributed by atoms with Crippen LogP contribution in [0.5, 0.6) is 28.7 Å². The number of ether oxygens (including phenoxy) is 6. The molecule has 0 unspecified atom stereocenters. The maximum absolute atomic E-state index is 12.4. The van der Waals surface area contributed by atoms with Gasteiger partial charge in [-0.1, -0.05) is 0 Å². The van der Waals surface area contributed by atoms with Crippen molar-refractivity contribution in [2.45, 2.75) is 0 Å². The standard InChI is InChI=1S/C20H23NO8/c1-24-12-6-8-14(16(10-12)26-3)21-17(22)11-29-20(23)13-7-9-15(25-2)19(28-5)18(13)27-4/h6-10H,11H2,1-5H3,(H,21,22). The van der Waals surface area contributed by atoms with Crippen molar-refractivity contribution in [3.63, 3.8) is 0 Å². The number of carbonyl (C=O) groups is 2. The van der Waals surface area contributed by atoms with Crippen LogP contribution in [0.1, 0.15) is 10.4 Å². The van der Waals surface area contributed by atoms with Gasteiger partial charge in [0.05, 0.1) is 41.2 Å². The normalized spacial score (nSPS) is 9.97. The molecule has 0 heterocycles. The second kappa shape index (κ2) is 10.1. The molecule has 1 N–H and O–H groups in total. The zero-order chi connectivity index (χ0) is 21.4. The highest BCUT2D eigenvalue weighted by Gasteiger charge is 2.22. The lowest BCUT2D eigenvalue weighted by atomic mass is 10.1. The summed E-state index contributed by atoms with van der Waals surface area (Å²) in [5, 5.41) is 2.62. The van der Waals surface area contributed by atoms with Crippen LogP contribution < -0.4 is 29.0 Å². The fraction of sp³-hybridized carbons (Fsp3) is 0.300. The molecule has 0 spiro atoms. The van der Waals surface area contributed by atoms with E-state index in [9.17, 15) is 9.59 Å². The number of amides is 1. The van der Waals surface area contributed by atoms with E-state index in [2.05, 4.69) is 5.32 Å². The first kappa shape index (κ1) is 21.7. The molecule has 9 heteroatoms. The largest absolute Gasteiger partial charge is 0.497 e. The van der Waals surface area contributed by atoms with Gasteiger partial charge in [0.25, 0.3) is 5.91 Å². The zero-order valence-electron chi connectivity index (χ0n) is 16.9. The van der Waals surface area contributed by atoms with E-state index in [4.69, 9.17) is 28.4 Å². The van der Waals surface area contributed by atoms with Crippen LogP contribution in [-0.4, -0.2) is 54.0 Å². The van der Waals surface area contributed by atoms with Crippen LogP contribution in [0.2, 0.25) is 0 Å². The van der Waals surface area contributed by atoms with Crippen molar-refractivity contribution in [3.8, 4) is 28.7 Å². The van der Waals surface area contributed by atoms with E-state index in [0.29, 0.717) is 22.9 Å². The zero-order valence-corrected chi connectivity index (χ0v) is 16.9. The van der Waals surface area contributed by atoms with Crippen LogP contribution in [0.15, 0.2) is 30.3 Å². The summed E-state index contributed by atoms with van der Waals surface area (Å²) in [5.41, 5.74) is 0.512. The molecule has 0 aliphatic rings. The highest BCUT2D eigenvalue weighted by molar-refractivity contribution is 5.98. The molecule has 2 rings (SSSR count). The van der Waals surface area contributed by atoms with Crippen LogP contribution >= 0.6 is 0 Å². The van der Waals surface area contributed by atoms with Gasteiger partial charge in [-0.3, -0.25) is 4.79 Å². The molecule has 0 saturated heterocycles. The monoisotopic (exact) mass is 405 g/mol. The van der Waals surface area contributed by atoms with E-state index in [1.165, 1.54) is 41.6 Å². The highest BCUT2D eigenvalue weighted by Crippen LogP contribution is 2.40. The number of esters is 1. The van der Waals surface area contributed by atoms with Gasteiger partial charge >= 0.3 is 5.97 Å². The molecule has 0 bridgehead atoms. The number of nitrogens with one attached hydrogen (secondary N) is 1. The summed E-state index contributed by atoms with van der Waals surface area (Å²) in [7, 11) is 7.26. The molecule has 2 aromatic carbocycles. The minimum Gasteiger partial charge on any atom is -0.497 e. The Morgan fingerprint density at radius 3 is 2.07 bits per heavy atom. The Hall–Kier alpha value is -3.62. The third-order valence-corrected chi connectivity index (χ3v) is 3.94. The Kier molecular flexibility index (Phi) is 7.53. The summed E-state index contributed by atoms with van der Waals surface area (Å²) in [6.07, 6.45) is 0. The number of benzene rings is 2. The van der Waals surface area contributed by atoms with Crippen LogP contribution in [0.4, 0.5) is 5.69 Å². The molecule has 9 nitrogen and oxygen atoms in total. The fourth-order valence-corrected chi connectivity index (χ4v) is 2.56. The van der Waals surface area contributed by atoms with E-state index in [1.54, 1.807) is 24.3 Å². The van der Waals surface area contributed by atoms with Gasteiger partial charge < -0.3 is 33.7 Å². The highest BCUT2D eigenvalue weighted by atomic mass is 16.5. The quantitative estimate of drug-likeness (QED) is 0.635. The van der Waals surface area contributed by atoms with Crippen molar-refractivity contribution in [1.29, 1.82) is 0 Å². The summed E-state index contributed by atoms with van der Waals surface area (Å²) in [6.45, 7) is -0.508. The Labute approximate surface area is 168 Å². The summed E-state index contributed by atoms with van der Waals surface area (Å²) >= 11 is 0. The molecule has 0 aliphatic heterocycles. The van der Waals surface area contributed by atoms with E-state index < -0.39 is 18.5 Å². The molecule has 0 radical (unpaired) electrons. The lowest BCUT2D eigenvalue weighted by Gasteiger charge is -2.15. The van der Waals surface area contributed by atoms with Crippen LogP contribution in [0.3, 0.4) is 0 Å². The molecule has 0 fully saturated rings. The van der Waals surface area contributed by atoms with Gasteiger partial charge in [-0.25, -0.2) is 4.79 Å². The van der Waals surface area contributed by atoms with Crippen LogP contribution in [0, 0.1) is 0 Å². The van der Waals surface area contributed by atoms with Gasteiger partial charge in [0, 0.05) is 6.07 Å². The minimum atomic E-state index is -0.750. The fourth-order valence-electron chi connectivity index (χ4n) is 2.56. The molecule has 0 atom stereocenters. The lowest BCUT2D eigenvalue weighted by molar-refractivity contribution is -0.119. The van der Waals surface area contributed by atoms with E-state index in [-0.39, 0.29) is 17.1 Å². The third-order valence-electron chi connectivity index (χ3n) is 3.94. The van der Waals surface area contributed by atoms with Crippen LogP contribution in [-0.2, 0) is 9.53 Å². The number of rotatable bonds is 9. The van der Waals surface area contributed by atoms with Crippen molar-refractivity contribution >= 4 is 17.6 Å². The molecule has 0 aromatic heterocycles. The summed E-state index contributed by atoms with van der Waals surface area (Å²) in [5.74, 6) is 0.481. The average molecular weight is 405 g/mol. The SMILES string of the molecule is COc1ccc(NC(=O)COC(=O)c2ccc(OC)c(OC)c2OC)c(OC)c1. The number of anilines is 1. The van der Waals surface area contributed by atoms with Gasteiger partial charge in [-0.2, -0.15) is 0 Å². The summed E-state index contributed by atoms with van der Waals surface area (Å²) < 4.78 is 31.1. The first-order valence-electron chi connectivity index (χ1n) is 8.47. The van der Waals surface area contributed by atoms with Crippen LogP contribution in [0.25, 0.3) is 0 Å². The van der Waals surface area contributed by atoms with Crippen molar-refractivity contribution in [1.82, 2.24) is 0 Å². The molecule has 29 heavy (non-hydrogen) atoms. The number of hydrogen-bond acceptors (Lipinski definition) is 8. The number of carbonyl (C=O) groups excluding carboxylic acids is 2. The van der Waals surface area contributed by atoms with E-state index in [1.807, 2.05) is 0 Å². The molecule has 0 saturated carbocycles. The molecular weight excluding hydrogens is 382 g/mol. The number of methoxy groups -OCH3 is 5. The van der Waals surface area contributed by atoms with Crippen molar-refractivity contribution in [2.75, 3.05) is 47.5 Å². The predicted molar refractivity (Wildman–Crippen MR) is 105 cm³/mol. The molecular formula is C20H23NO8. The van der Waals surface area contributed by atoms with E-state index >= 15 is 0 Å². The van der Waals surface area contributed by atoms with Gasteiger partial charge in [0.15, 0.2) is 18.1 Å². The predicted octanol–water partition coefficient (Wildman–Crippen LogP) is 2.53. The molecule has 0 aliphatic carbocycles. The van der Waals surface area contributed by atoms with Gasteiger partial charge in [-0.05, 0) is 24.3 Å². The third kappa shape index (κ3) is 5.01. The van der Waals surface area contributed by atoms with Crippen molar-refractivity contribution in [3.05, 3.63) is 35.9 Å². The van der Waals surface area contributed by atoms with Gasteiger partial charge in [0.2, 0.25) is 5.75 Å². The second-order valence-electron chi connectivity index (χ2n) is 5.57. The second-order valence-corrected chi connectivity index (χ2v) is 5.57. The molecule has 2 aromatic rings. The summed E-state index contributed by atoms with van der Waals surface area (Å²) in [6, 6.07) is 7.91. The molecule has 1 amide bonds. The van der Waals surface area contributed by atoms with Crippen molar-refractivity contribution < 1.29 is 38.0 Å². The Morgan fingerprint density at radius 1 is 0.793 bits per heavy atom. The van der Waals surface area contributed by atoms with E-state index in [0.717, 1.165) is 0 Å². The first-order valence-corrected chi connectivity index (χ1v) is 8.47. The smallest absolute Gasteiger partial charge is 0.342 e.